The fourth-order valence-electron chi connectivity index (χ4n) is 6.97. The van der Waals surface area contributed by atoms with Crippen molar-refractivity contribution in [2.24, 2.45) is 0 Å². The average Bonchev–Trinajstić information content (AvgIpc) is 3.76. The number of rotatable bonds is 5. The minimum atomic E-state index is -3.95. The van der Waals surface area contributed by atoms with Crippen LogP contribution in [0.3, 0.4) is 0 Å². The smallest absolute Gasteiger partial charge is 0.281 e. The Bertz CT molecular complexity index is 3310. The number of halogens is 1. The molecule has 5 heterocycles. The summed E-state index contributed by atoms with van der Waals surface area (Å²) in [6.45, 7) is 9.18. The predicted molar refractivity (Wildman–Crippen MR) is 233 cm³/mol. The molecule has 0 amide bonds. The molecule has 4 aromatic heterocycles. The molecule has 1 aliphatic carbocycles. The van der Waals surface area contributed by atoms with Crippen LogP contribution in [0.4, 0.5) is 5.69 Å². The fourth-order valence-corrected chi connectivity index (χ4v) is 10.4. The van der Waals surface area contributed by atoms with Crippen LogP contribution in [0.25, 0.3) is 33.1 Å². The highest BCUT2D eigenvalue weighted by Crippen LogP contribution is 2.29. The van der Waals surface area contributed by atoms with Crippen molar-refractivity contribution in [3.05, 3.63) is 119 Å². The Labute approximate surface area is 352 Å². The van der Waals surface area contributed by atoms with Gasteiger partial charge < -0.3 is 4.90 Å². The molecule has 18 heteroatoms. The molecule has 0 bridgehead atoms. The molecule has 1 saturated heterocycles. The number of benzene rings is 4. The topological polar surface area (TPSA) is 198 Å². The van der Waals surface area contributed by atoms with E-state index in [0.29, 0.717) is 32.9 Å². The number of sulfone groups is 2. The van der Waals surface area contributed by atoms with Crippen LogP contribution in [0.2, 0.25) is 0 Å². The van der Waals surface area contributed by atoms with Gasteiger partial charge in [-0.2, -0.15) is 9.97 Å². The molecule has 0 unspecified atom stereocenters. The summed E-state index contributed by atoms with van der Waals surface area (Å²) in [6, 6.07) is 20.9. The Kier molecular flexibility index (Phi) is 10.7. The molecule has 0 spiro atoms. The monoisotopic (exact) mass is 945 g/mol. The normalized spacial score (nSPS) is 14.1. The fraction of sp³-hybridized carbons (Fsp3) is 0.268. The van der Waals surface area contributed by atoms with E-state index in [1.807, 2.05) is 26.0 Å². The van der Waals surface area contributed by atoms with Crippen LogP contribution < -0.4 is 16.0 Å². The number of hydrogen-bond acceptors (Lipinski definition) is 11. The highest BCUT2D eigenvalue weighted by Gasteiger charge is 2.29. The number of aryl methyl sites for hydroxylation is 4. The van der Waals surface area contributed by atoms with Crippen molar-refractivity contribution in [2.45, 2.75) is 79.6 Å². The minimum absolute atomic E-state index is 0.00299. The van der Waals surface area contributed by atoms with E-state index in [2.05, 4.69) is 58.1 Å². The van der Waals surface area contributed by atoms with Gasteiger partial charge in [-0.3, -0.25) is 9.59 Å². The van der Waals surface area contributed by atoms with Crippen molar-refractivity contribution >= 4 is 81.1 Å². The van der Waals surface area contributed by atoms with E-state index in [4.69, 9.17) is 0 Å². The van der Waals surface area contributed by atoms with Crippen molar-refractivity contribution in [2.75, 3.05) is 18.0 Å². The first kappa shape index (κ1) is 40.3. The number of aromatic amines is 2. The molecule has 2 N–H and O–H groups in total. The van der Waals surface area contributed by atoms with E-state index >= 15 is 0 Å². The van der Waals surface area contributed by atoms with Crippen LogP contribution in [-0.4, -0.2) is 69.5 Å². The largest absolute Gasteiger partial charge is 0.371 e. The number of aromatic nitrogens is 8. The molecule has 15 nitrogen and oxygen atoms in total. The molecule has 1 aliphatic heterocycles. The lowest BCUT2D eigenvalue weighted by atomic mass is 10.0. The molecule has 2 fully saturated rings. The van der Waals surface area contributed by atoms with Gasteiger partial charge in [0.05, 0.1) is 31.6 Å². The molecule has 2 aliphatic rings. The number of anilines is 1. The highest BCUT2D eigenvalue weighted by molar-refractivity contribution is 14.1. The lowest BCUT2D eigenvalue weighted by Gasteiger charge is -2.33. The minimum Gasteiger partial charge on any atom is -0.371 e. The maximum absolute atomic E-state index is 13.3. The van der Waals surface area contributed by atoms with Gasteiger partial charge in [0.1, 0.15) is 0 Å². The van der Waals surface area contributed by atoms with Crippen LogP contribution >= 0.6 is 22.6 Å². The van der Waals surface area contributed by atoms with Gasteiger partial charge in [0.15, 0.2) is 11.3 Å². The molecule has 10 rings (SSSR count). The van der Waals surface area contributed by atoms with Gasteiger partial charge in [-0.15, -0.1) is 10.2 Å². The molecule has 1 saturated carbocycles. The van der Waals surface area contributed by atoms with E-state index in [0.717, 1.165) is 39.9 Å². The SMILES string of the molecule is C1CCC1.Cc1ccc(S(=O)(=O)c2n[nH]n3c2nc(=O)c2ccc(I)cc23)c(C)c1.Cc1ccc(S(=O)(=O)c2n[nH]n3c2nc(=O)c2ccc(N4CCC4)cc23)c(C)c1. The number of fused-ring (bicyclic) bond motifs is 6. The second-order valence-electron chi connectivity index (χ2n) is 14.8. The Balaban J connectivity index is 0.000000150. The third-order valence-corrected chi connectivity index (χ3v) is 14.9. The Hall–Kier alpha value is -5.47. The van der Waals surface area contributed by atoms with Gasteiger partial charge in [0, 0.05) is 22.3 Å². The van der Waals surface area contributed by atoms with Crippen LogP contribution in [0.15, 0.2) is 102 Å². The quantitative estimate of drug-likeness (QED) is 0.181. The zero-order chi connectivity index (χ0) is 41.8. The standard InChI is InChI=1S/C20H19N5O3S.C17H13IN4O3S.C4H8/c1-12-4-7-17(13(2)10-12)29(27,28)20-18-21-19(26)15-6-5-14(24-8-3-9-24)11-16(15)25(18)23-22-20;1-9-3-6-14(10(2)7-9)26(24,25)17-15-19-16(23)12-5-4-11(18)8-13(12)22(15)21-20-17;1-2-4-3-1/h4-7,10-11,23H,3,8-9H2,1-2H3;3-8,21H,1-2H3;1-4H2. The molecule has 0 radical (unpaired) electrons. The summed E-state index contributed by atoms with van der Waals surface area (Å²) in [7, 11) is -7.88. The maximum Gasteiger partial charge on any atom is 0.281 e. The first-order chi connectivity index (χ1) is 28.1. The first-order valence-electron chi connectivity index (χ1n) is 19.0. The molecular weight excluding hydrogens is 906 g/mol. The van der Waals surface area contributed by atoms with Gasteiger partial charge in [0.25, 0.3) is 11.1 Å². The highest BCUT2D eigenvalue weighted by atomic mass is 127. The second-order valence-corrected chi connectivity index (χ2v) is 19.8. The Morgan fingerprint density at radius 2 is 1.03 bits per heavy atom. The summed E-state index contributed by atoms with van der Waals surface area (Å²) in [4.78, 5) is 35.5. The summed E-state index contributed by atoms with van der Waals surface area (Å²) in [6.07, 6.45) is 7.13. The molecule has 8 aromatic rings. The van der Waals surface area contributed by atoms with Crippen molar-refractivity contribution in [3.63, 3.8) is 0 Å². The number of H-pyrrole nitrogens is 2. The van der Waals surface area contributed by atoms with Crippen LogP contribution in [0, 0.1) is 31.3 Å². The summed E-state index contributed by atoms with van der Waals surface area (Å²) in [5.74, 6) is 0. The third-order valence-electron chi connectivity index (χ3n) is 10.6. The third kappa shape index (κ3) is 7.41. The van der Waals surface area contributed by atoms with E-state index in [9.17, 15) is 26.4 Å². The summed E-state index contributed by atoms with van der Waals surface area (Å²) >= 11 is 2.12. The first-order valence-corrected chi connectivity index (χ1v) is 23.1. The Morgan fingerprint density at radius 3 is 1.46 bits per heavy atom. The van der Waals surface area contributed by atoms with Gasteiger partial charge >= 0.3 is 0 Å². The maximum atomic E-state index is 13.3. The number of nitrogens with one attached hydrogen (secondary N) is 2. The lowest BCUT2D eigenvalue weighted by molar-refractivity contribution is 0.504. The molecule has 59 heavy (non-hydrogen) atoms. The van der Waals surface area contributed by atoms with E-state index < -0.39 is 30.8 Å². The van der Waals surface area contributed by atoms with Gasteiger partial charge in [-0.05, 0) is 116 Å². The van der Waals surface area contributed by atoms with Crippen molar-refractivity contribution < 1.29 is 16.8 Å². The second kappa shape index (κ2) is 15.6. The van der Waals surface area contributed by atoms with Crippen molar-refractivity contribution in [1.29, 1.82) is 0 Å². The molecule has 4 aromatic carbocycles. The lowest BCUT2D eigenvalue weighted by Crippen LogP contribution is -2.36. The summed E-state index contributed by atoms with van der Waals surface area (Å²) in [5.41, 5.74) is 4.25. The number of hydrogen-bond donors (Lipinski definition) is 2. The van der Waals surface area contributed by atoms with Crippen LogP contribution in [0.5, 0.6) is 0 Å². The average molecular weight is 946 g/mol. The zero-order valence-electron chi connectivity index (χ0n) is 32.7. The Morgan fingerprint density at radius 1 is 0.576 bits per heavy atom. The van der Waals surface area contributed by atoms with E-state index in [1.165, 1.54) is 34.7 Å². The number of nitrogens with zero attached hydrogens (tertiary/aromatic N) is 7. The van der Waals surface area contributed by atoms with Gasteiger partial charge in [-0.1, -0.05) is 61.1 Å². The van der Waals surface area contributed by atoms with Crippen LogP contribution in [-0.2, 0) is 19.7 Å². The van der Waals surface area contributed by atoms with Gasteiger partial charge in [0.2, 0.25) is 29.7 Å². The molecule has 304 valence electrons. The summed E-state index contributed by atoms with van der Waals surface area (Å²) in [5, 5.41) is 13.7. The zero-order valence-corrected chi connectivity index (χ0v) is 36.4. The van der Waals surface area contributed by atoms with Crippen molar-refractivity contribution in [3.8, 4) is 0 Å². The molecular formula is C41H40IN9O6S2. The van der Waals surface area contributed by atoms with Gasteiger partial charge in [-0.25, -0.2) is 36.3 Å². The predicted octanol–water partition coefficient (Wildman–Crippen LogP) is 6.42. The van der Waals surface area contributed by atoms with Crippen LogP contribution in [0.1, 0.15) is 54.4 Å². The summed E-state index contributed by atoms with van der Waals surface area (Å²) < 4.78 is 56.6. The van der Waals surface area contributed by atoms with E-state index in [1.54, 1.807) is 74.5 Å². The van der Waals surface area contributed by atoms with Crippen molar-refractivity contribution in [1.82, 2.24) is 39.6 Å². The molecule has 0 atom stereocenters. The van der Waals surface area contributed by atoms with E-state index in [-0.39, 0.29) is 31.1 Å².